The highest BCUT2D eigenvalue weighted by molar-refractivity contribution is 5.96. The number of rotatable bonds is 3. The molecule has 0 spiro atoms. The van der Waals surface area contributed by atoms with E-state index in [-0.39, 0.29) is 12.5 Å². The van der Waals surface area contributed by atoms with Gasteiger partial charge in [0, 0.05) is 31.9 Å². The number of aliphatic hydroxyl groups excluding tert-OH is 1. The average Bonchev–Trinajstić information content (AvgIpc) is 3.01. The van der Waals surface area contributed by atoms with E-state index in [2.05, 4.69) is 16.8 Å². The minimum atomic E-state index is 0.00704. The van der Waals surface area contributed by atoms with Crippen molar-refractivity contribution in [3.05, 3.63) is 29.6 Å². The van der Waals surface area contributed by atoms with E-state index in [1.54, 1.807) is 18.5 Å². The van der Waals surface area contributed by atoms with Crippen molar-refractivity contribution in [2.24, 2.45) is 0 Å². The number of hydrogen-bond donors (Lipinski definition) is 1. The molecular formula is C16H20N2O2. The summed E-state index contributed by atoms with van der Waals surface area (Å²) in [5.74, 6) is 5.77. The second-order valence-electron chi connectivity index (χ2n) is 5.05. The molecule has 106 valence electrons. The van der Waals surface area contributed by atoms with Gasteiger partial charge in [0.25, 0.3) is 5.91 Å². The number of aromatic nitrogens is 1. The van der Waals surface area contributed by atoms with E-state index in [0.717, 1.165) is 12.8 Å². The van der Waals surface area contributed by atoms with Gasteiger partial charge in [-0.2, -0.15) is 0 Å². The summed E-state index contributed by atoms with van der Waals surface area (Å²) in [6, 6.07) is 2.06. The van der Waals surface area contributed by atoms with E-state index < -0.39 is 0 Å². The molecule has 1 aliphatic rings. The average molecular weight is 272 g/mol. The molecule has 1 aromatic rings. The van der Waals surface area contributed by atoms with E-state index in [1.807, 2.05) is 11.9 Å². The predicted octanol–water partition coefficient (Wildman–Crippen LogP) is 1.83. The van der Waals surface area contributed by atoms with Crippen LogP contribution in [0.2, 0.25) is 0 Å². The van der Waals surface area contributed by atoms with Gasteiger partial charge in [-0.3, -0.25) is 9.78 Å². The first-order chi connectivity index (χ1) is 9.74. The minimum Gasteiger partial charge on any atom is -0.395 e. The lowest BCUT2D eigenvalue weighted by molar-refractivity contribution is 0.0735. The molecule has 4 nitrogen and oxygen atoms in total. The highest BCUT2D eigenvalue weighted by atomic mass is 16.2. The Bertz CT molecular complexity index is 525. The Morgan fingerprint density at radius 3 is 2.95 bits per heavy atom. The number of pyridine rings is 1. The van der Waals surface area contributed by atoms with E-state index in [9.17, 15) is 4.79 Å². The van der Waals surface area contributed by atoms with Gasteiger partial charge >= 0.3 is 0 Å². The molecule has 0 aromatic carbocycles. The molecule has 0 radical (unpaired) electrons. The number of carbonyl (C=O) groups excluding carboxylic acids is 1. The van der Waals surface area contributed by atoms with Crippen molar-refractivity contribution in [1.29, 1.82) is 0 Å². The van der Waals surface area contributed by atoms with Crippen LogP contribution in [0.5, 0.6) is 0 Å². The number of aliphatic hydroxyl groups is 1. The first-order valence-electron chi connectivity index (χ1n) is 7.05. The number of amides is 1. The zero-order chi connectivity index (χ0) is 14.4. The molecule has 1 heterocycles. The largest absolute Gasteiger partial charge is 0.395 e. The van der Waals surface area contributed by atoms with Crippen LogP contribution in [0.25, 0.3) is 0 Å². The van der Waals surface area contributed by atoms with Crippen molar-refractivity contribution in [2.45, 2.75) is 38.1 Å². The molecule has 0 bridgehead atoms. The maximum Gasteiger partial charge on any atom is 0.255 e. The third kappa shape index (κ3) is 3.37. The SMILES string of the molecule is CN(C(=O)c1ccncc1C#CCCO)C1CCCC1. The molecule has 1 N–H and O–H groups in total. The van der Waals surface area contributed by atoms with Gasteiger partial charge in [0.15, 0.2) is 0 Å². The normalized spacial score (nSPS) is 14.7. The van der Waals surface area contributed by atoms with Gasteiger partial charge in [-0.05, 0) is 18.9 Å². The van der Waals surface area contributed by atoms with E-state index in [1.165, 1.54) is 12.8 Å². The van der Waals surface area contributed by atoms with Gasteiger partial charge in [-0.15, -0.1) is 0 Å². The molecule has 4 heteroatoms. The molecule has 0 unspecified atom stereocenters. The molecule has 1 amide bonds. The van der Waals surface area contributed by atoms with Crippen LogP contribution >= 0.6 is 0 Å². The minimum absolute atomic E-state index is 0.00704. The van der Waals surface area contributed by atoms with Gasteiger partial charge in [0.2, 0.25) is 0 Å². The number of hydrogen-bond acceptors (Lipinski definition) is 3. The fourth-order valence-electron chi connectivity index (χ4n) is 2.54. The fourth-order valence-corrected chi connectivity index (χ4v) is 2.54. The topological polar surface area (TPSA) is 53.4 Å². The maximum absolute atomic E-state index is 12.6. The molecular weight excluding hydrogens is 252 g/mol. The smallest absolute Gasteiger partial charge is 0.255 e. The zero-order valence-corrected chi connectivity index (χ0v) is 11.8. The molecule has 2 rings (SSSR count). The molecule has 1 aromatic heterocycles. The standard InChI is InChI=1S/C16H20N2O2/c1-18(14-7-2-3-8-14)16(20)15-9-10-17-12-13(15)6-4-5-11-19/h9-10,12,14,19H,2-3,5,7-8,11H2,1H3. The summed E-state index contributed by atoms with van der Waals surface area (Å²) < 4.78 is 0. The Morgan fingerprint density at radius 1 is 1.50 bits per heavy atom. The molecule has 1 fully saturated rings. The van der Waals surface area contributed by atoms with E-state index in [0.29, 0.717) is 23.6 Å². The lowest BCUT2D eigenvalue weighted by Gasteiger charge is -2.24. The van der Waals surface area contributed by atoms with Crippen molar-refractivity contribution in [2.75, 3.05) is 13.7 Å². The van der Waals surface area contributed by atoms with Crippen molar-refractivity contribution in [1.82, 2.24) is 9.88 Å². The molecule has 20 heavy (non-hydrogen) atoms. The monoisotopic (exact) mass is 272 g/mol. The summed E-state index contributed by atoms with van der Waals surface area (Å²) in [4.78, 5) is 18.4. The Labute approximate surface area is 119 Å². The van der Waals surface area contributed by atoms with Gasteiger partial charge in [-0.25, -0.2) is 0 Å². The van der Waals surface area contributed by atoms with Crippen LogP contribution in [-0.2, 0) is 0 Å². The predicted molar refractivity (Wildman–Crippen MR) is 77.2 cm³/mol. The van der Waals surface area contributed by atoms with Crippen LogP contribution in [0.15, 0.2) is 18.5 Å². The highest BCUT2D eigenvalue weighted by Gasteiger charge is 2.25. The molecule has 1 aliphatic carbocycles. The maximum atomic E-state index is 12.6. The summed E-state index contributed by atoms with van der Waals surface area (Å²) in [5.41, 5.74) is 1.23. The number of carbonyl (C=O) groups is 1. The van der Waals surface area contributed by atoms with Gasteiger partial charge in [0.1, 0.15) is 0 Å². The number of nitrogens with zero attached hydrogens (tertiary/aromatic N) is 2. The summed E-state index contributed by atoms with van der Waals surface area (Å²) in [6.45, 7) is 0.0263. The van der Waals surface area contributed by atoms with Gasteiger partial charge in [-0.1, -0.05) is 24.7 Å². The fraction of sp³-hybridized carbons (Fsp3) is 0.500. The first kappa shape index (κ1) is 14.5. The zero-order valence-electron chi connectivity index (χ0n) is 11.8. The lowest BCUT2D eigenvalue weighted by atomic mass is 10.1. The summed E-state index contributed by atoms with van der Waals surface area (Å²) in [6.07, 6.45) is 8.19. The van der Waals surface area contributed by atoms with Crippen molar-refractivity contribution >= 4 is 5.91 Å². The van der Waals surface area contributed by atoms with Crippen LogP contribution in [0.3, 0.4) is 0 Å². The van der Waals surface area contributed by atoms with Crippen LogP contribution in [0, 0.1) is 11.8 Å². The molecule has 0 atom stereocenters. The Hall–Kier alpha value is -1.86. The van der Waals surface area contributed by atoms with Gasteiger partial charge < -0.3 is 10.0 Å². The van der Waals surface area contributed by atoms with E-state index in [4.69, 9.17) is 5.11 Å². The van der Waals surface area contributed by atoms with Crippen LogP contribution in [0.1, 0.15) is 48.0 Å². The Balaban J connectivity index is 2.19. The third-order valence-electron chi connectivity index (χ3n) is 3.70. The molecule has 0 saturated heterocycles. The Morgan fingerprint density at radius 2 is 2.25 bits per heavy atom. The Kier molecular flexibility index (Phi) is 5.14. The summed E-state index contributed by atoms with van der Waals surface area (Å²) in [7, 11) is 1.86. The summed E-state index contributed by atoms with van der Waals surface area (Å²) in [5, 5.41) is 8.76. The quantitative estimate of drug-likeness (QED) is 0.854. The van der Waals surface area contributed by atoms with Crippen LogP contribution < -0.4 is 0 Å². The lowest BCUT2D eigenvalue weighted by Crippen LogP contribution is -2.35. The van der Waals surface area contributed by atoms with Crippen LogP contribution in [-0.4, -0.2) is 40.6 Å². The van der Waals surface area contributed by atoms with Gasteiger partial charge in [0.05, 0.1) is 17.7 Å². The second-order valence-corrected chi connectivity index (χ2v) is 5.05. The molecule has 0 aliphatic heterocycles. The summed E-state index contributed by atoms with van der Waals surface area (Å²) >= 11 is 0. The highest BCUT2D eigenvalue weighted by Crippen LogP contribution is 2.24. The second kappa shape index (κ2) is 7.06. The molecule has 1 saturated carbocycles. The first-order valence-corrected chi connectivity index (χ1v) is 7.05. The third-order valence-corrected chi connectivity index (χ3v) is 3.70. The van der Waals surface area contributed by atoms with Crippen molar-refractivity contribution in [3.8, 4) is 11.8 Å². The van der Waals surface area contributed by atoms with E-state index >= 15 is 0 Å². The van der Waals surface area contributed by atoms with Crippen molar-refractivity contribution < 1.29 is 9.90 Å². The van der Waals surface area contributed by atoms with Crippen molar-refractivity contribution in [3.63, 3.8) is 0 Å². The van der Waals surface area contributed by atoms with Crippen LogP contribution in [0.4, 0.5) is 0 Å².